The molecular weight excluding hydrogens is 386 g/mol. The van der Waals surface area contributed by atoms with Crippen LogP contribution in [0.3, 0.4) is 0 Å². The Morgan fingerprint density at radius 1 is 1.38 bits per heavy atom. The molecule has 0 aliphatic carbocycles. The molecule has 0 saturated heterocycles. The van der Waals surface area contributed by atoms with E-state index in [2.05, 4.69) is 33.1 Å². The summed E-state index contributed by atoms with van der Waals surface area (Å²) >= 11 is 2.05. The van der Waals surface area contributed by atoms with Gasteiger partial charge in [-0.05, 0) is 58.8 Å². The van der Waals surface area contributed by atoms with Crippen LogP contribution in [-0.2, 0) is 11.3 Å². The maximum Gasteiger partial charge on any atom is 0.275 e. The molecule has 0 fully saturated rings. The Labute approximate surface area is 135 Å². The van der Waals surface area contributed by atoms with Crippen LogP contribution < -0.4 is 5.48 Å². The molecule has 2 rings (SSSR count). The van der Waals surface area contributed by atoms with Gasteiger partial charge >= 0.3 is 0 Å². The zero-order valence-electron chi connectivity index (χ0n) is 11.4. The maximum absolute atomic E-state index is 13.9. The normalized spacial score (nSPS) is 10.4. The Morgan fingerprint density at radius 3 is 2.90 bits per heavy atom. The Hall–Kier alpha value is -1.54. The fourth-order valence-corrected chi connectivity index (χ4v) is 2.31. The second-order valence-electron chi connectivity index (χ2n) is 4.31. The lowest BCUT2D eigenvalue weighted by molar-refractivity contribution is 0.0363. The maximum atomic E-state index is 13.9. The number of nitrogens with one attached hydrogen (secondary N) is 1. The van der Waals surface area contributed by atoms with Crippen molar-refractivity contribution in [2.24, 2.45) is 0 Å². The average Bonchev–Trinajstić information content (AvgIpc) is 2.48. The van der Waals surface area contributed by atoms with Gasteiger partial charge in [0.05, 0.1) is 6.61 Å². The van der Waals surface area contributed by atoms with Crippen molar-refractivity contribution in [3.8, 4) is 0 Å². The number of hydroxylamine groups is 1. The van der Waals surface area contributed by atoms with E-state index < -0.39 is 0 Å². The van der Waals surface area contributed by atoms with Crippen LogP contribution in [0.15, 0.2) is 36.7 Å². The van der Waals surface area contributed by atoms with Gasteiger partial charge in [0, 0.05) is 27.9 Å². The van der Waals surface area contributed by atoms with E-state index in [9.17, 15) is 9.18 Å². The molecule has 2 aromatic rings. The molecule has 0 radical (unpaired) electrons. The second-order valence-corrected chi connectivity index (χ2v) is 5.56. The third kappa shape index (κ3) is 4.21. The van der Waals surface area contributed by atoms with Gasteiger partial charge in [0.2, 0.25) is 0 Å². The molecule has 21 heavy (non-hydrogen) atoms. The molecule has 1 N–H and O–H groups in total. The summed E-state index contributed by atoms with van der Waals surface area (Å²) < 4.78 is 14.7. The van der Waals surface area contributed by atoms with E-state index in [1.54, 1.807) is 25.3 Å². The Kier molecular flexibility index (Phi) is 5.63. The molecule has 4 nitrogen and oxygen atoms in total. The zero-order valence-corrected chi connectivity index (χ0v) is 13.6. The minimum Gasteiger partial charge on any atom is -0.274 e. The van der Waals surface area contributed by atoms with Gasteiger partial charge in [0.1, 0.15) is 5.82 Å². The summed E-state index contributed by atoms with van der Waals surface area (Å²) in [7, 11) is 0. The zero-order chi connectivity index (χ0) is 15.2. The number of carbonyl (C=O) groups excluding carboxylic acids is 1. The van der Waals surface area contributed by atoms with Crippen molar-refractivity contribution in [2.75, 3.05) is 6.61 Å². The largest absolute Gasteiger partial charge is 0.275 e. The Morgan fingerprint density at radius 2 is 2.19 bits per heavy atom. The molecule has 0 bridgehead atoms. The van der Waals surface area contributed by atoms with Gasteiger partial charge in [-0.2, -0.15) is 0 Å². The molecule has 110 valence electrons. The van der Waals surface area contributed by atoms with E-state index in [0.717, 1.165) is 3.57 Å². The topological polar surface area (TPSA) is 51.2 Å². The van der Waals surface area contributed by atoms with Crippen molar-refractivity contribution in [3.63, 3.8) is 0 Å². The highest BCUT2D eigenvalue weighted by Crippen LogP contribution is 2.18. The molecule has 1 aromatic heterocycles. The van der Waals surface area contributed by atoms with E-state index in [1.807, 2.05) is 6.07 Å². The van der Waals surface area contributed by atoms with Crippen LogP contribution >= 0.6 is 22.6 Å². The molecule has 0 spiro atoms. The fourth-order valence-electron chi connectivity index (χ4n) is 1.85. The molecule has 1 aromatic carbocycles. The van der Waals surface area contributed by atoms with E-state index in [1.165, 1.54) is 12.3 Å². The Bertz CT molecular complexity index is 649. The van der Waals surface area contributed by atoms with Crippen LogP contribution in [0.2, 0.25) is 0 Å². The van der Waals surface area contributed by atoms with Crippen LogP contribution in [0.5, 0.6) is 0 Å². The summed E-state index contributed by atoms with van der Waals surface area (Å²) in [5.41, 5.74) is 3.93. The number of hydrogen-bond donors (Lipinski definition) is 1. The number of pyridine rings is 1. The van der Waals surface area contributed by atoms with Crippen LogP contribution in [0.1, 0.15) is 28.4 Å². The lowest BCUT2D eigenvalue weighted by Crippen LogP contribution is -2.25. The van der Waals surface area contributed by atoms with Crippen molar-refractivity contribution in [2.45, 2.75) is 13.3 Å². The number of hydrogen-bond acceptors (Lipinski definition) is 3. The number of halogens is 2. The minimum absolute atomic E-state index is 0.290. The first-order valence-corrected chi connectivity index (χ1v) is 7.48. The summed E-state index contributed by atoms with van der Waals surface area (Å²) in [6.45, 7) is 2.15. The molecule has 0 aliphatic heterocycles. The standard InChI is InChI=1S/C15H14FIN2O2/c1-2-21-19-15(20)13-5-6-18-9-11(13)7-10-3-4-12(17)8-14(10)16/h3-6,8-9H,2,7H2,1H3,(H,19,20). The van der Waals surface area contributed by atoms with Crippen molar-refractivity contribution in [1.82, 2.24) is 10.5 Å². The molecular formula is C15H14FIN2O2. The summed E-state index contributed by atoms with van der Waals surface area (Å²) in [6, 6.07) is 6.60. The SMILES string of the molecule is CCONC(=O)c1ccncc1Cc1ccc(I)cc1F. The molecule has 0 aliphatic rings. The summed E-state index contributed by atoms with van der Waals surface area (Å²) in [5, 5.41) is 0. The first-order chi connectivity index (χ1) is 10.1. The van der Waals surface area contributed by atoms with E-state index in [4.69, 9.17) is 4.84 Å². The van der Waals surface area contributed by atoms with Crippen LogP contribution in [0.25, 0.3) is 0 Å². The van der Waals surface area contributed by atoms with Crippen molar-refractivity contribution < 1.29 is 14.0 Å². The fraction of sp³-hybridized carbons (Fsp3) is 0.200. The number of rotatable bonds is 5. The van der Waals surface area contributed by atoms with Gasteiger partial charge < -0.3 is 0 Å². The van der Waals surface area contributed by atoms with Crippen molar-refractivity contribution >= 4 is 28.5 Å². The highest BCUT2D eigenvalue weighted by molar-refractivity contribution is 14.1. The predicted molar refractivity (Wildman–Crippen MR) is 85.3 cm³/mol. The second kappa shape index (κ2) is 7.46. The van der Waals surface area contributed by atoms with Crippen LogP contribution in [0.4, 0.5) is 4.39 Å². The summed E-state index contributed by atoms with van der Waals surface area (Å²) in [5.74, 6) is -0.651. The third-order valence-electron chi connectivity index (χ3n) is 2.85. The highest BCUT2D eigenvalue weighted by Gasteiger charge is 2.13. The molecule has 0 saturated carbocycles. The first-order valence-electron chi connectivity index (χ1n) is 6.40. The lowest BCUT2D eigenvalue weighted by atomic mass is 10.0. The van der Waals surface area contributed by atoms with Gasteiger partial charge in [-0.1, -0.05) is 6.07 Å². The monoisotopic (exact) mass is 400 g/mol. The lowest BCUT2D eigenvalue weighted by Gasteiger charge is -2.10. The number of nitrogens with zero attached hydrogens (tertiary/aromatic N) is 1. The van der Waals surface area contributed by atoms with Gasteiger partial charge in [0.25, 0.3) is 5.91 Å². The van der Waals surface area contributed by atoms with Gasteiger partial charge in [0.15, 0.2) is 0 Å². The van der Waals surface area contributed by atoms with E-state index >= 15 is 0 Å². The molecule has 0 atom stereocenters. The average molecular weight is 400 g/mol. The van der Waals surface area contributed by atoms with E-state index in [0.29, 0.717) is 29.7 Å². The Balaban J connectivity index is 2.26. The first kappa shape index (κ1) is 15.8. The number of benzene rings is 1. The predicted octanol–water partition coefficient (Wildman–Crippen LogP) is 3.10. The molecule has 1 heterocycles. The minimum atomic E-state index is -0.361. The number of amides is 1. The third-order valence-corrected chi connectivity index (χ3v) is 3.52. The van der Waals surface area contributed by atoms with E-state index in [-0.39, 0.29) is 11.7 Å². The van der Waals surface area contributed by atoms with Crippen LogP contribution in [0, 0.1) is 9.39 Å². The summed E-state index contributed by atoms with van der Waals surface area (Å²) in [6.07, 6.45) is 3.39. The molecule has 1 amide bonds. The van der Waals surface area contributed by atoms with Gasteiger partial charge in [-0.25, -0.2) is 9.87 Å². The van der Waals surface area contributed by atoms with Crippen LogP contribution in [-0.4, -0.2) is 17.5 Å². The van der Waals surface area contributed by atoms with Gasteiger partial charge in [-0.3, -0.25) is 14.6 Å². The quantitative estimate of drug-likeness (QED) is 0.620. The molecule has 6 heteroatoms. The highest BCUT2D eigenvalue weighted by atomic mass is 127. The number of carbonyl (C=O) groups is 1. The molecule has 0 unspecified atom stereocenters. The van der Waals surface area contributed by atoms with Crippen molar-refractivity contribution in [1.29, 1.82) is 0 Å². The smallest absolute Gasteiger partial charge is 0.274 e. The number of aromatic nitrogens is 1. The van der Waals surface area contributed by atoms with Gasteiger partial charge in [-0.15, -0.1) is 0 Å². The summed E-state index contributed by atoms with van der Waals surface area (Å²) in [4.78, 5) is 20.9. The van der Waals surface area contributed by atoms with Crippen molar-refractivity contribution in [3.05, 3.63) is 62.7 Å².